The van der Waals surface area contributed by atoms with Gasteiger partial charge in [-0.2, -0.15) is 0 Å². The molecule has 0 atom stereocenters. The molecule has 1 aromatic carbocycles. The summed E-state index contributed by atoms with van der Waals surface area (Å²) in [6.45, 7) is 0.832. The van der Waals surface area contributed by atoms with Gasteiger partial charge in [0.05, 0.1) is 36.9 Å². The maximum absolute atomic E-state index is 14.2. The summed E-state index contributed by atoms with van der Waals surface area (Å²) in [5.41, 5.74) is -0.0201. The topological polar surface area (TPSA) is 107 Å². The summed E-state index contributed by atoms with van der Waals surface area (Å²) in [7, 11) is 1.17. The Morgan fingerprint density at radius 1 is 1.19 bits per heavy atom. The quantitative estimate of drug-likeness (QED) is 0.603. The Hall–Kier alpha value is -3.99. The number of methoxy groups -OCH3 is 1. The predicted octanol–water partition coefficient (Wildman–Crippen LogP) is 2.71. The van der Waals surface area contributed by atoms with E-state index in [0.717, 1.165) is 12.1 Å². The van der Waals surface area contributed by atoms with Gasteiger partial charge in [0.2, 0.25) is 0 Å². The van der Waals surface area contributed by atoms with E-state index in [1.165, 1.54) is 25.4 Å². The number of hydrogen-bond acceptors (Lipinski definition) is 8. The van der Waals surface area contributed by atoms with E-state index in [4.69, 9.17) is 9.47 Å². The van der Waals surface area contributed by atoms with Crippen molar-refractivity contribution in [2.75, 3.05) is 37.1 Å². The maximum Gasteiger partial charge on any atom is 0.360 e. The average Bonchev–Trinajstić information content (AvgIpc) is 2.80. The lowest BCUT2D eigenvalue weighted by molar-refractivity contribution is -0.125. The molecule has 0 aliphatic carbocycles. The van der Waals surface area contributed by atoms with Crippen molar-refractivity contribution < 1.29 is 27.8 Å². The molecule has 0 saturated carbocycles. The first-order chi connectivity index (χ1) is 15.5. The number of hydrogen-bond donors (Lipinski definition) is 1. The molecule has 11 heteroatoms. The summed E-state index contributed by atoms with van der Waals surface area (Å²) in [6, 6.07) is 7.95. The van der Waals surface area contributed by atoms with Crippen molar-refractivity contribution in [3.63, 3.8) is 0 Å². The third-order valence-corrected chi connectivity index (χ3v) is 4.70. The van der Waals surface area contributed by atoms with Crippen molar-refractivity contribution in [1.29, 1.82) is 0 Å². The smallest absolute Gasteiger partial charge is 0.360 e. The highest BCUT2D eigenvalue weighted by Crippen LogP contribution is 2.29. The number of ether oxygens (including phenoxy) is 2. The number of nitrogens with zero attached hydrogens (tertiary/aromatic N) is 4. The third kappa shape index (κ3) is 4.23. The number of benzene rings is 1. The molecule has 1 amide bonds. The van der Waals surface area contributed by atoms with Crippen molar-refractivity contribution in [3.8, 4) is 11.3 Å². The number of aromatic nitrogens is 3. The zero-order chi connectivity index (χ0) is 22.7. The fraction of sp³-hybridized carbons (Fsp3) is 0.190. The molecule has 0 unspecified atom stereocenters. The number of pyridine rings is 1. The first-order valence-corrected chi connectivity index (χ1v) is 9.49. The Morgan fingerprint density at radius 2 is 1.97 bits per heavy atom. The van der Waals surface area contributed by atoms with Crippen molar-refractivity contribution in [2.45, 2.75) is 0 Å². The van der Waals surface area contributed by atoms with Gasteiger partial charge in [-0.3, -0.25) is 4.79 Å². The van der Waals surface area contributed by atoms with Gasteiger partial charge in [0.1, 0.15) is 29.8 Å². The van der Waals surface area contributed by atoms with Crippen molar-refractivity contribution >= 4 is 29.1 Å². The normalized spacial score (nSPS) is 13.7. The summed E-state index contributed by atoms with van der Waals surface area (Å²) in [4.78, 5) is 29.9. The highest BCUT2D eigenvalue weighted by molar-refractivity contribution is 5.95. The molecule has 164 valence electrons. The van der Waals surface area contributed by atoms with Gasteiger partial charge in [-0.15, -0.1) is 10.2 Å². The van der Waals surface area contributed by atoms with Crippen LogP contribution in [0.3, 0.4) is 0 Å². The monoisotopic (exact) mass is 441 g/mol. The molecular weight excluding hydrogens is 424 g/mol. The molecule has 32 heavy (non-hydrogen) atoms. The van der Waals surface area contributed by atoms with Gasteiger partial charge in [0, 0.05) is 6.54 Å². The minimum atomic E-state index is -0.825. The fourth-order valence-corrected chi connectivity index (χ4v) is 3.15. The second-order valence-corrected chi connectivity index (χ2v) is 6.70. The van der Waals surface area contributed by atoms with Crippen LogP contribution in [0.25, 0.3) is 11.3 Å². The van der Waals surface area contributed by atoms with Gasteiger partial charge in [0.25, 0.3) is 5.91 Å². The first-order valence-electron chi connectivity index (χ1n) is 9.49. The lowest BCUT2D eigenvalue weighted by atomic mass is 10.1. The summed E-state index contributed by atoms with van der Waals surface area (Å²) >= 11 is 0. The molecule has 1 N–H and O–H groups in total. The minimum absolute atomic E-state index is 0.000553. The molecule has 0 radical (unpaired) electrons. The molecule has 0 spiro atoms. The number of morpholine rings is 1. The maximum atomic E-state index is 14.2. The van der Waals surface area contributed by atoms with Gasteiger partial charge < -0.3 is 19.7 Å². The van der Waals surface area contributed by atoms with E-state index in [9.17, 15) is 18.4 Å². The van der Waals surface area contributed by atoms with Gasteiger partial charge in [-0.1, -0.05) is 6.07 Å². The molecule has 4 rings (SSSR count). The zero-order valence-corrected chi connectivity index (χ0v) is 16.8. The van der Waals surface area contributed by atoms with Crippen LogP contribution in [0, 0.1) is 11.6 Å². The summed E-state index contributed by atoms with van der Waals surface area (Å²) in [6.07, 6.45) is 1.48. The van der Waals surface area contributed by atoms with E-state index >= 15 is 0 Å². The van der Waals surface area contributed by atoms with Gasteiger partial charge in [-0.25, -0.2) is 18.6 Å². The van der Waals surface area contributed by atoms with E-state index < -0.39 is 17.6 Å². The van der Waals surface area contributed by atoms with Crippen LogP contribution < -0.4 is 10.2 Å². The predicted molar refractivity (Wildman–Crippen MR) is 109 cm³/mol. The highest BCUT2D eigenvalue weighted by Gasteiger charge is 2.22. The lowest BCUT2D eigenvalue weighted by Gasteiger charge is -2.26. The first kappa shape index (κ1) is 21.2. The summed E-state index contributed by atoms with van der Waals surface area (Å²) < 4.78 is 38.2. The van der Waals surface area contributed by atoms with Crippen LogP contribution in [0.1, 0.15) is 10.5 Å². The molecule has 3 heterocycles. The Morgan fingerprint density at radius 3 is 2.62 bits per heavy atom. The average molecular weight is 441 g/mol. The molecular formula is C21H17F2N5O4. The van der Waals surface area contributed by atoms with Crippen LogP contribution in [0.5, 0.6) is 0 Å². The molecule has 2 aromatic heterocycles. The Kier molecular flexibility index (Phi) is 5.99. The van der Waals surface area contributed by atoms with Crippen LogP contribution in [0.2, 0.25) is 0 Å². The molecule has 1 saturated heterocycles. The van der Waals surface area contributed by atoms with Crippen molar-refractivity contribution in [3.05, 3.63) is 59.9 Å². The van der Waals surface area contributed by atoms with E-state index in [2.05, 4.69) is 20.5 Å². The Labute approximate surface area is 181 Å². The second-order valence-electron chi connectivity index (χ2n) is 6.70. The van der Waals surface area contributed by atoms with Gasteiger partial charge in [0.15, 0.2) is 5.69 Å². The number of carbonyl (C=O) groups excluding carboxylic acids is 2. The number of rotatable bonds is 5. The molecule has 9 nitrogen and oxygen atoms in total. The number of nitrogens with one attached hydrogen (secondary N) is 1. The lowest BCUT2D eigenvalue weighted by Crippen LogP contribution is -2.41. The Balaban J connectivity index is 1.67. The number of esters is 1. The van der Waals surface area contributed by atoms with Crippen molar-refractivity contribution in [1.82, 2.24) is 15.2 Å². The molecule has 1 fully saturated rings. The van der Waals surface area contributed by atoms with Crippen molar-refractivity contribution in [2.24, 2.45) is 0 Å². The van der Waals surface area contributed by atoms with E-state index in [1.807, 2.05) is 0 Å². The SMILES string of the molecule is COC(=O)c1nnc(-c2c(F)cccc2F)cc1Nc1ccc(N2CCOCC2=O)cn1. The van der Waals surface area contributed by atoms with Crippen LogP contribution >= 0.6 is 0 Å². The third-order valence-electron chi connectivity index (χ3n) is 4.70. The van der Waals surface area contributed by atoms with E-state index in [0.29, 0.717) is 24.7 Å². The van der Waals surface area contributed by atoms with E-state index in [1.54, 1.807) is 17.0 Å². The zero-order valence-electron chi connectivity index (χ0n) is 16.8. The standard InChI is InChI=1S/C21H17F2N5O4/c1-31-21(30)20-16(9-15(26-27-20)19-13(22)3-2-4-14(19)23)25-17-6-5-12(10-24-17)28-7-8-32-11-18(28)29/h2-6,9-10H,7-8,11H2,1H3,(H,24,25,26). The summed E-state index contributed by atoms with van der Waals surface area (Å²) in [5, 5.41) is 10.5. The van der Waals surface area contributed by atoms with Gasteiger partial charge >= 0.3 is 5.97 Å². The second kappa shape index (κ2) is 9.02. The number of halogens is 2. The fourth-order valence-electron chi connectivity index (χ4n) is 3.15. The molecule has 0 bridgehead atoms. The number of amides is 1. The van der Waals surface area contributed by atoms with Crippen LogP contribution in [-0.4, -0.2) is 53.9 Å². The number of anilines is 3. The molecule has 1 aliphatic heterocycles. The number of carbonyl (C=O) groups is 2. The van der Waals surface area contributed by atoms with Crippen LogP contribution in [0.15, 0.2) is 42.6 Å². The largest absolute Gasteiger partial charge is 0.464 e. The van der Waals surface area contributed by atoms with Crippen LogP contribution in [-0.2, 0) is 14.3 Å². The Bertz CT molecular complexity index is 1150. The molecule has 3 aromatic rings. The van der Waals surface area contributed by atoms with Crippen LogP contribution in [0.4, 0.5) is 26.0 Å². The molecule has 1 aliphatic rings. The highest BCUT2D eigenvalue weighted by atomic mass is 19.1. The van der Waals surface area contributed by atoms with E-state index in [-0.39, 0.29) is 35.2 Å². The summed E-state index contributed by atoms with van der Waals surface area (Å²) in [5.74, 6) is -2.33. The van der Waals surface area contributed by atoms with Gasteiger partial charge in [-0.05, 0) is 30.3 Å². The minimum Gasteiger partial charge on any atom is -0.464 e.